The summed E-state index contributed by atoms with van der Waals surface area (Å²) >= 11 is 19.4. The lowest BCUT2D eigenvalue weighted by atomic mass is 10.2. The number of carbonyl (C=O) groups excluding carboxylic acids is 1. The first-order valence-corrected chi connectivity index (χ1v) is 9.80. The number of halogens is 2. The van der Waals surface area contributed by atoms with Crippen LogP contribution in [0.4, 0.5) is 5.69 Å². The van der Waals surface area contributed by atoms with Crippen molar-refractivity contribution in [3.8, 4) is 10.6 Å². The summed E-state index contributed by atoms with van der Waals surface area (Å²) in [7, 11) is 0. The van der Waals surface area contributed by atoms with E-state index in [1.165, 1.54) is 0 Å². The van der Waals surface area contributed by atoms with Gasteiger partial charge in [0.1, 0.15) is 5.01 Å². The van der Waals surface area contributed by atoms with E-state index in [9.17, 15) is 4.79 Å². The number of carbonyl (C=O) groups is 1. The Labute approximate surface area is 170 Å². The zero-order chi connectivity index (χ0) is 18.8. The molecule has 0 saturated heterocycles. The maximum Gasteiger partial charge on any atom is 0.228 e. The largest absolute Gasteiger partial charge is 0.331 e. The molecule has 2 N–H and O–H groups in total. The van der Waals surface area contributed by atoms with Gasteiger partial charge in [0.2, 0.25) is 5.91 Å². The van der Waals surface area contributed by atoms with Crippen LogP contribution in [0.15, 0.2) is 36.4 Å². The van der Waals surface area contributed by atoms with Gasteiger partial charge in [-0.05, 0) is 36.5 Å². The van der Waals surface area contributed by atoms with Crippen LogP contribution in [0.3, 0.4) is 0 Å². The number of fused-ring (bicyclic) bond motifs is 1. The summed E-state index contributed by atoms with van der Waals surface area (Å²) in [5.74, 6) is -0.340. The predicted octanol–water partition coefficient (Wildman–Crippen LogP) is 5.74. The zero-order valence-corrected chi connectivity index (χ0v) is 17.1. The number of para-hydroxylation sites is 1. The lowest BCUT2D eigenvalue weighted by Crippen LogP contribution is -2.36. The third kappa shape index (κ3) is 4.15. The fourth-order valence-electron chi connectivity index (χ4n) is 2.21. The first-order valence-electron chi connectivity index (χ1n) is 7.82. The number of hydrogen-bond donors (Lipinski definition) is 2. The molecule has 0 fully saturated rings. The standard InChI is InChI=1S/C18H15Cl2N3OS2/c1-9(2)16(24)23-18(25)22-14-7-10(11(19)8-12(14)20)17-21-13-5-3-4-6-15(13)26-17/h3-9H,1-2H3,(H2,22,23,24,25). The average Bonchev–Trinajstić information content (AvgIpc) is 3.00. The number of hydrogen-bond acceptors (Lipinski definition) is 4. The lowest BCUT2D eigenvalue weighted by molar-refractivity contribution is -0.122. The number of benzene rings is 2. The number of nitrogens with zero attached hydrogens (tertiary/aromatic N) is 1. The van der Waals surface area contributed by atoms with E-state index >= 15 is 0 Å². The first-order chi connectivity index (χ1) is 12.3. The molecule has 0 atom stereocenters. The fraction of sp³-hybridized carbons (Fsp3) is 0.167. The van der Waals surface area contributed by atoms with Gasteiger partial charge in [0, 0.05) is 11.5 Å². The predicted molar refractivity (Wildman–Crippen MR) is 114 cm³/mol. The highest BCUT2D eigenvalue weighted by Crippen LogP contribution is 2.38. The zero-order valence-electron chi connectivity index (χ0n) is 14.0. The van der Waals surface area contributed by atoms with E-state index in [4.69, 9.17) is 35.4 Å². The summed E-state index contributed by atoms with van der Waals surface area (Å²) in [6.45, 7) is 3.58. The maximum atomic E-state index is 11.8. The third-order valence-corrected chi connectivity index (χ3v) is 5.49. The first kappa shape index (κ1) is 19.0. The number of nitrogens with one attached hydrogen (secondary N) is 2. The molecular weight excluding hydrogens is 409 g/mol. The minimum Gasteiger partial charge on any atom is -0.331 e. The van der Waals surface area contributed by atoms with Crippen molar-refractivity contribution in [2.45, 2.75) is 13.8 Å². The highest BCUT2D eigenvalue weighted by molar-refractivity contribution is 7.80. The second-order valence-electron chi connectivity index (χ2n) is 5.90. The number of amides is 1. The SMILES string of the molecule is CC(C)C(=O)NC(=S)Nc1cc(-c2nc3ccccc3s2)c(Cl)cc1Cl. The molecule has 26 heavy (non-hydrogen) atoms. The van der Waals surface area contributed by atoms with Crippen molar-refractivity contribution in [3.63, 3.8) is 0 Å². The van der Waals surface area contributed by atoms with E-state index in [1.54, 1.807) is 37.3 Å². The average molecular weight is 424 g/mol. The van der Waals surface area contributed by atoms with Gasteiger partial charge in [-0.15, -0.1) is 11.3 Å². The van der Waals surface area contributed by atoms with Crippen LogP contribution in [0.2, 0.25) is 10.0 Å². The molecule has 0 saturated carbocycles. The quantitative estimate of drug-likeness (QED) is 0.527. The Bertz CT molecular complexity index is 968. The van der Waals surface area contributed by atoms with Gasteiger partial charge in [-0.1, -0.05) is 49.2 Å². The van der Waals surface area contributed by atoms with Crippen molar-refractivity contribution < 1.29 is 4.79 Å². The molecule has 1 amide bonds. The van der Waals surface area contributed by atoms with Crippen LogP contribution >= 0.6 is 46.8 Å². The molecule has 1 aromatic heterocycles. The van der Waals surface area contributed by atoms with Gasteiger partial charge in [0.25, 0.3) is 0 Å². The summed E-state index contributed by atoms with van der Waals surface area (Å²) in [5, 5.41) is 7.45. The van der Waals surface area contributed by atoms with Crippen LogP contribution in [0.5, 0.6) is 0 Å². The van der Waals surface area contributed by atoms with E-state index in [1.807, 2.05) is 24.3 Å². The van der Waals surface area contributed by atoms with Gasteiger partial charge in [-0.2, -0.15) is 0 Å². The molecule has 0 aliphatic carbocycles. The van der Waals surface area contributed by atoms with E-state index in [0.717, 1.165) is 20.8 Å². The van der Waals surface area contributed by atoms with Gasteiger partial charge < -0.3 is 10.6 Å². The molecule has 8 heteroatoms. The molecule has 0 radical (unpaired) electrons. The smallest absolute Gasteiger partial charge is 0.228 e. The molecule has 0 aliphatic rings. The topological polar surface area (TPSA) is 54.0 Å². The number of thiazole rings is 1. The molecule has 0 bridgehead atoms. The van der Waals surface area contributed by atoms with Gasteiger partial charge in [-0.3, -0.25) is 4.79 Å². The Morgan fingerprint density at radius 3 is 2.62 bits per heavy atom. The Morgan fingerprint density at radius 2 is 1.92 bits per heavy atom. The number of aromatic nitrogens is 1. The van der Waals surface area contributed by atoms with Gasteiger partial charge in [0.15, 0.2) is 5.11 Å². The van der Waals surface area contributed by atoms with E-state index in [2.05, 4.69) is 15.6 Å². The summed E-state index contributed by atoms with van der Waals surface area (Å²) < 4.78 is 1.07. The summed E-state index contributed by atoms with van der Waals surface area (Å²) in [5.41, 5.74) is 2.21. The molecule has 1 heterocycles. The normalized spacial score (nSPS) is 11.0. The molecule has 2 aromatic carbocycles. The van der Waals surface area contributed by atoms with E-state index in [0.29, 0.717) is 15.7 Å². The van der Waals surface area contributed by atoms with E-state index < -0.39 is 0 Å². The molecule has 3 rings (SSSR count). The van der Waals surface area contributed by atoms with Crippen molar-refractivity contribution in [3.05, 3.63) is 46.4 Å². The van der Waals surface area contributed by atoms with Gasteiger partial charge in [-0.25, -0.2) is 4.98 Å². The van der Waals surface area contributed by atoms with Gasteiger partial charge in [0.05, 0.1) is 25.9 Å². The highest BCUT2D eigenvalue weighted by atomic mass is 35.5. The second-order valence-corrected chi connectivity index (χ2v) is 8.15. The number of rotatable bonds is 3. The van der Waals surface area contributed by atoms with Crippen LogP contribution in [0, 0.1) is 5.92 Å². The van der Waals surface area contributed by atoms with Crippen LogP contribution in [0.25, 0.3) is 20.8 Å². The lowest BCUT2D eigenvalue weighted by Gasteiger charge is -2.13. The van der Waals surface area contributed by atoms with Crippen molar-refractivity contribution in [1.82, 2.24) is 10.3 Å². The Kier molecular flexibility index (Phi) is 5.77. The van der Waals surface area contributed by atoms with Crippen molar-refractivity contribution in [1.29, 1.82) is 0 Å². The minimum atomic E-state index is -0.172. The number of thiocarbonyl (C=S) groups is 1. The summed E-state index contributed by atoms with van der Waals surface area (Å²) in [6, 6.07) is 11.3. The minimum absolute atomic E-state index is 0.168. The molecule has 0 unspecified atom stereocenters. The monoisotopic (exact) mass is 423 g/mol. The van der Waals surface area contributed by atoms with Crippen LogP contribution < -0.4 is 10.6 Å². The van der Waals surface area contributed by atoms with Crippen molar-refractivity contribution in [2.75, 3.05) is 5.32 Å². The third-order valence-electron chi connectivity index (χ3n) is 3.59. The van der Waals surface area contributed by atoms with E-state index in [-0.39, 0.29) is 16.9 Å². The molecule has 0 spiro atoms. The van der Waals surface area contributed by atoms with Crippen LogP contribution in [0.1, 0.15) is 13.8 Å². The Hall–Kier alpha value is -1.73. The molecule has 0 aliphatic heterocycles. The summed E-state index contributed by atoms with van der Waals surface area (Å²) in [6.07, 6.45) is 0. The Balaban J connectivity index is 1.92. The number of anilines is 1. The highest BCUT2D eigenvalue weighted by Gasteiger charge is 2.15. The molecular formula is C18H15Cl2N3OS2. The van der Waals surface area contributed by atoms with Crippen LogP contribution in [-0.4, -0.2) is 16.0 Å². The van der Waals surface area contributed by atoms with Crippen molar-refractivity contribution >= 4 is 73.7 Å². The van der Waals surface area contributed by atoms with Gasteiger partial charge >= 0.3 is 0 Å². The van der Waals surface area contributed by atoms with Crippen molar-refractivity contribution in [2.24, 2.45) is 5.92 Å². The fourth-order valence-corrected chi connectivity index (χ4v) is 3.99. The maximum absolute atomic E-state index is 11.8. The van der Waals surface area contributed by atoms with Crippen LogP contribution in [-0.2, 0) is 4.79 Å². The molecule has 134 valence electrons. The Morgan fingerprint density at radius 1 is 1.19 bits per heavy atom. The molecule has 3 aromatic rings. The molecule has 4 nitrogen and oxygen atoms in total. The second kappa shape index (κ2) is 7.88. The summed E-state index contributed by atoms with van der Waals surface area (Å²) in [4.78, 5) is 16.4.